The monoisotopic (exact) mass is 590 g/mol. The van der Waals surface area contributed by atoms with Crippen molar-refractivity contribution in [3.05, 3.63) is 98.4 Å². The zero-order valence-electron chi connectivity index (χ0n) is 20.2. The third-order valence-corrected chi connectivity index (χ3v) is 6.53. The number of carbonyl (C=O) groups is 2. The summed E-state index contributed by atoms with van der Waals surface area (Å²) < 4.78 is 6.46. The molecule has 0 heterocycles. The van der Waals surface area contributed by atoms with Gasteiger partial charge in [0.2, 0.25) is 5.91 Å². The van der Waals surface area contributed by atoms with Crippen molar-refractivity contribution in [2.24, 2.45) is 5.92 Å². The first-order valence-corrected chi connectivity index (χ1v) is 13.2. The SMILES string of the molecule is CC(C)CNC(=O)C(Cc1ccccc1)N(Cc1cccc(Cl)c1)C(=O)COc1ccc(Cl)cc1Br. The normalized spacial score (nSPS) is 11.7. The Kier molecular flexibility index (Phi) is 10.7. The van der Waals surface area contributed by atoms with Crippen molar-refractivity contribution in [1.82, 2.24) is 10.2 Å². The van der Waals surface area contributed by atoms with Gasteiger partial charge >= 0.3 is 0 Å². The van der Waals surface area contributed by atoms with E-state index < -0.39 is 6.04 Å². The molecule has 190 valence electrons. The molecule has 0 aliphatic heterocycles. The van der Waals surface area contributed by atoms with Gasteiger partial charge in [0.05, 0.1) is 4.47 Å². The van der Waals surface area contributed by atoms with Gasteiger partial charge in [-0.25, -0.2) is 0 Å². The lowest BCUT2D eigenvalue weighted by Gasteiger charge is -2.31. The quantitative estimate of drug-likeness (QED) is 0.275. The Labute approximate surface area is 230 Å². The Bertz CT molecular complexity index is 1170. The van der Waals surface area contributed by atoms with E-state index in [9.17, 15) is 9.59 Å². The van der Waals surface area contributed by atoms with E-state index >= 15 is 0 Å². The van der Waals surface area contributed by atoms with E-state index in [1.54, 1.807) is 35.2 Å². The van der Waals surface area contributed by atoms with Crippen molar-refractivity contribution in [1.29, 1.82) is 0 Å². The summed E-state index contributed by atoms with van der Waals surface area (Å²) in [6.07, 6.45) is 0.363. The Morgan fingerprint density at radius 3 is 2.31 bits per heavy atom. The molecule has 5 nitrogen and oxygen atoms in total. The van der Waals surface area contributed by atoms with Gasteiger partial charge in [-0.2, -0.15) is 0 Å². The van der Waals surface area contributed by atoms with Crippen molar-refractivity contribution in [3.8, 4) is 5.75 Å². The van der Waals surface area contributed by atoms with E-state index in [1.165, 1.54) is 0 Å². The van der Waals surface area contributed by atoms with Gasteiger partial charge in [-0.05, 0) is 63.3 Å². The zero-order valence-corrected chi connectivity index (χ0v) is 23.3. The fourth-order valence-corrected chi connectivity index (χ4v) is 4.63. The van der Waals surface area contributed by atoms with Crippen molar-refractivity contribution in [3.63, 3.8) is 0 Å². The molecule has 36 heavy (non-hydrogen) atoms. The van der Waals surface area contributed by atoms with Crippen LogP contribution in [0.5, 0.6) is 5.75 Å². The minimum atomic E-state index is -0.741. The average Bonchev–Trinajstić information content (AvgIpc) is 2.84. The van der Waals surface area contributed by atoms with Crippen LogP contribution in [0.25, 0.3) is 0 Å². The molecule has 1 unspecified atom stereocenters. The third kappa shape index (κ3) is 8.54. The summed E-state index contributed by atoms with van der Waals surface area (Å²) in [6.45, 7) is 4.52. The molecule has 3 rings (SSSR count). The van der Waals surface area contributed by atoms with Gasteiger partial charge in [0.1, 0.15) is 11.8 Å². The molecule has 0 aliphatic rings. The van der Waals surface area contributed by atoms with Gasteiger partial charge in [-0.3, -0.25) is 9.59 Å². The Balaban J connectivity index is 1.91. The summed E-state index contributed by atoms with van der Waals surface area (Å²) in [7, 11) is 0. The number of halogens is 3. The molecule has 0 fully saturated rings. The molecule has 0 aliphatic carbocycles. The number of nitrogens with zero attached hydrogens (tertiary/aromatic N) is 1. The van der Waals surface area contributed by atoms with Crippen LogP contribution in [-0.4, -0.2) is 35.9 Å². The summed E-state index contributed by atoms with van der Waals surface area (Å²) >= 11 is 15.6. The lowest BCUT2D eigenvalue weighted by molar-refractivity contribution is -0.142. The van der Waals surface area contributed by atoms with Crippen LogP contribution in [0.15, 0.2) is 77.3 Å². The van der Waals surface area contributed by atoms with Crippen LogP contribution >= 0.6 is 39.1 Å². The molecule has 3 aromatic rings. The van der Waals surface area contributed by atoms with Crippen LogP contribution in [0, 0.1) is 5.92 Å². The van der Waals surface area contributed by atoms with E-state index in [0.29, 0.717) is 33.2 Å². The minimum Gasteiger partial charge on any atom is -0.483 e. The first-order chi connectivity index (χ1) is 17.2. The second-order valence-corrected chi connectivity index (χ2v) is 10.6. The van der Waals surface area contributed by atoms with Crippen molar-refractivity contribution in [2.45, 2.75) is 32.9 Å². The summed E-state index contributed by atoms with van der Waals surface area (Å²) in [5.74, 6) is 0.223. The van der Waals surface area contributed by atoms with Crippen LogP contribution in [0.1, 0.15) is 25.0 Å². The molecule has 0 spiro atoms. The lowest BCUT2D eigenvalue weighted by Crippen LogP contribution is -2.52. The van der Waals surface area contributed by atoms with E-state index in [-0.39, 0.29) is 30.9 Å². The number of carbonyl (C=O) groups excluding carboxylic acids is 2. The number of nitrogens with one attached hydrogen (secondary N) is 1. The van der Waals surface area contributed by atoms with Gasteiger partial charge in [0, 0.05) is 29.6 Å². The molecule has 8 heteroatoms. The molecule has 0 saturated heterocycles. The predicted octanol–water partition coefficient (Wildman–Crippen LogP) is 6.55. The predicted molar refractivity (Wildman–Crippen MR) is 148 cm³/mol. The topological polar surface area (TPSA) is 58.6 Å². The van der Waals surface area contributed by atoms with Gasteiger partial charge in [-0.1, -0.05) is 79.5 Å². The Morgan fingerprint density at radius 1 is 0.944 bits per heavy atom. The second kappa shape index (κ2) is 13.7. The second-order valence-electron chi connectivity index (χ2n) is 8.86. The van der Waals surface area contributed by atoms with E-state index in [2.05, 4.69) is 21.2 Å². The zero-order chi connectivity index (χ0) is 26.1. The van der Waals surface area contributed by atoms with Crippen molar-refractivity contribution < 1.29 is 14.3 Å². The molecule has 2 amide bonds. The highest BCUT2D eigenvalue weighted by molar-refractivity contribution is 9.10. The van der Waals surface area contributed by atoms with E-state index in [1.807, 2.05) is 56.3 Å². The van der Waals surface area contributed by atoms with Gasteiger partial charge in [0.15, 0.2) is 6.61 Å². The van der Waals surface area contributed by atoms with E-state index in [0.717, 1.165) is 11.1 Å². The van der Waals surface area contributed by atoms with Gasteiger partial charge < -0.3 is 15.0 Å². The summed E-state index contributed by atoms with van der Waals surface area (Å²) in [5.41, 5.74) is 1.77. The summed E-state index contributed by atoms with van der Waals surface area (Å²) in [5, 5.41) is 4.11. The van der Waals surface area contributed by atoms with Crippen LogP contribution in [0.2, 0.25) is 10.0 Å². The summed E-state index contributed by atoms with van der Waals surface area (Å²) in [4.78, 5) is 28.6. The highest BCUT2D eigenvalue weighted by Crippen LogP contribution is 2.28. The smallest absolute Gasteiger partial charge is 0.261 e. The molecule has 0 aromatic heterocycles. The average molecular weight is 592 g/mol. The molecule has 3 aromatic carbocycles. The molecular formula is C28H29BrCl2N2O3. The van der Waals surface area contributed by atoms with Crippen LogP contribution in [0.3, 0.4) is 0 Å². The largest absolute Gasteiger partial charge is 0.483 e. The molecule has 1 atom stereocenters. The first-order valence-electron chi connectivity index (χ1n) is 11.7. The fourth-order valence-electron chi connectivity index (χ4n) is 3.62. The number of hydrogen-bond acceptors (Lipinski definition) is 3. The van der Waals surface area contributed by atoms with E-state index in [4.69, 9.17) is 27.9 Å². The number of amides is 2. The van der Waals surface area contributed by atoms with Crippen LogP contribution in [-0.2, 0) is 22.6 Å². The highest BCUT2D eigenvalue weighted by Gasteiger charge is 2.31. The van der Waals surface area contributed by atoms with Crippen molar-refractivity contribution in [2.75, 3.05) is 13.2 Å². The Hall–Kier alpha value is -2.54. The number of ether oxygens (including phenoxy) is 1. The molecule has 1 N–H and O–H groups in total. The number of hydrogen-bond donors (Lipinski definition) is 1. The van der Waals surface area contributed by atoms with Crippen molar-refractivity contribution >= 4 is 50.9 Å². The highest BCUT2D eigenvalue weighted by atomic mass is 79.9. The van der Waals surface area contributed by atoms with Gasteiger partial charge in [0.25, 0.3) is 5.91 Å². The maximum Gasteiger partial charge on any atom is 0.261 e. The molecule has 0 radical (unpaired) electrons. The number of rotatable bonds is 11. The summed E-state index contributed by atoms with van der Waals surface area (Å²) in [6, 6.07) is 21.3. The number of benzene rings is 3. The molecular weight excluding hydrogens is 563 g/mol. The molecule has 0 bridgehead atoms. The fraction of sp³-hybridized carbons (Fsp3) is 0.286. The van der Waals surface area contributed by atoms with Gasteiger partial charge in [-0.15, -0.1) is 0 Å². The third-order valence-electron chi connectivity index (χ3n) is 5.44. The molecule has 0 saturated carbocycles. The van der Waals surface area contributed by atoms with Crippen LogP contribution in [0.4, 0.5) is 0 Å². The van der Waals surface area contributed by atoms with Crippen LogP contribution < -0.4 is 10.1 Å². The first kappa shape index (κ1) is 28.0. The standard InChI is InChI=1S/C28H29BrCl2N2O3/c1-19(2)16-32-28(35)25(14-20-7-4-3-5-8-20)33(17-21-9-6-10-22(30)13-21)27(34)18-36-26-12-11-23(31)15-24(26)29/h3-13,15,19,25H,14,16-18H2,1-2H3,(H,32,35). The lowest BCUT2D eigenvalue weighted by atomic mass is 10.0. The maximum atomic E-state index is 13.6. The Morgan fingerprint density at radius 2 is 1.64 bits per heavy atom. The minimum absolute atomic E-state index is 0.205. The maximum absolute atomic E-state index is 13.6.